The Kier molecular flexibility index (Phi) is 5.18. The third-order valence-electron chi connectivity index (χ3n) is 4.68. The number of nitrogens with zero attached hydrogens (tertiary/aromatic N) is 3. The number of thiol groups is 1. The number of hydrogen-bond donors (Lipinski definition) is 2. The molecule has 132 valence electrons. The number of fused-ring (bicyclic) bond motifs is 1. The van der Waals surface area contributed by atoms with Crippen LogP contribution in [0.25, 0.3) is 0 Å². The van der Waals surface area contributed by atoms with E-state index in [2.05, 4.69) is 16.7 Å². The van der Waals surface area contributed by atoms with E-state index >= 15 is 0 Å². The van der Waals surface area contributed by atoms with Gasteiger partial charge in [0.25, 0.3) is 0 Å². The van der Waals surface area contributed by atoms with Gasteiger partial charge in [0.1, 0.15) is 5.50 Å². The Labute approximate surface area is 143 Å². The van der Waals surface area contributed by atoms with Crippen LogP contribution in [0.4, 0.5) is 4.79 Å². The highest BCUT2D eigenvalue weighted by Gasteiger charge is 2.51. The second kappa shape index (κ2) is 6.49. The maximum absolute atomic E-state index is 12.1. The first-order valence-electron chi connectivity index (χ1n) is 7.95. The highest BCUT2D eigenvalue weighted by molar-refractivity contribution is 7.80. The normalized spacial score (nSPS) is 29.4. The summed E-state index contributed by atoms with van der Waals surface area (Å²) in [5.74, 6) is -0.220. The van der Waals surface area contributed by atoms with Gasteiger partial charge in [-0.15, -0.1) is 12.6 Å². The molecule has 23 heavy (non-hydrogen) atoms. The molecule has 1 N–H and O–H groups in total. The van der Waals surface area contributed by atoms with Gasteiger partial charge in [-0.1, -0.05) is 0 Å². The summed E-state index contributed by atoms with van der Waals surface area (Å²) in [4.78, 5) is 29.2. The van der Waals surface area contributed by atoms with Crippen LogP contribution in [0.2, 0.25) is 0 Å². The largest absolute Gasteiger partial charge is 0.466 e. The number of piperazine rings is 1. The Hall–Kier alpha value is -0.990. The van der Waals surface area contributed by atoms with Crippen molar-refractivity contribution < 1.29 is 19.4 Å². The summed E-state index contributed by atoms with van der Waals surface area (Å²) in [6.07, 6.45) is -0.883. The number of carboxylic acid groups (broad SMARTS) is 1. The molecule has 2 fully saturated rings. The van der Waals surface area contributed by atoms with Gasteiger partial charge in [0, 0.05) is 32.7 Å². The molecule has 0 aromatic carbocycles. The Bertz CT molecular complexity index is 487. The van der Waals surface area contributed by atoms with E-state index in [1.165, 1.54) is 4.90 Å². The van der Waals surface area contributed by atoms with Crippen molar-refractivity contribution in [2.45, 2.75) is 38.7 Å². The molecule has 2 aliphatic rings. The summed E-state index contributed by atoms with van der Waals surface area (Å²) in [6.45, 7) is 10.7. The third-order valence-corrected chi connectivity index (χ3v) is 5.29. The quantitative estimate of drug-likeness (QED) is 0.588. The lowest BCUT2D eigenvalue weighted by Gasteiger charge is -2.44. The van der Waals surface area contributed by atoms with Gasteiger partial charge in [-0.05, 0) is 27.7 Å². The summed E-state index contributed by atoms with van der Waals surface area (Å²) in [7, 11) is 0. The van der Waals surface area contributed by atoms with E-state index in [1.807, 2.05) is 13.8 Å². The number of esters is 1. The smallest absolute Gasteiger partial charge is 0.407 e. The second-order valence-electron chi connectivity index (χ2n) is 7.25. The van der Waals surface area contributed by atoms with Crippen LogP contribution >= 0.6 is 12.6 Å². The lowest BCUT2D eigenvalue weighted by atomic mass is 9.92. The minimum atomic E-state index is -0.883. The van der Waals surface area contributed by atoms with Crippen molar-refractivity contribution in [3.8, 4) is 0 Å². The van der Waals surface area contributed by atoms with Gasteiger partial charge in [0.15, 0.2) is 0 Å². The number of carbonyl (C=O) groups is 2. The Morgan fingerprint density at radius 3 is 2.57 bits per heavy atom. The summed E-state index contributed by atoms with van der Waals surface area (Å²) < 4.78 is 5.15. The van der Waals surface area contributed by atoms with Crippen LogP contribution in [0.5, 0.6) is 0 Å². The Morgan fingerprint density at radius 1 is 1.35 bits per heavy atom. The molecule has 0 aromatic rings. The van der Waals surface area contributed by atoms with Crippen LogP contribution in [0.1, 0.15) is 27.7 Å². The molecule has 0 radical (unpaired) electrons. The van der Waals surface area contributed by atoms with Gasteiger partial charge >= 0.3 is 12.1 Å². The molecule has 7 nitrogen and oxygen atoms in total. The first-order chi connectivity index (χ1) is 10.6. The van der Waals surface area contributed by atoms with Crippen molar-refractivity contribution in [2.75, 3.05) is 39.3 Å². The second-order valence-corrected chi connectivity index (χ2v) is 7.71. The zero-order valence-corrected chi connectivity index (χ0v) is 15.2. The molecule has 2 rings (SSSR count). The molecule has 1 amide bonds. The van der Waals surface area contributed by atoms with Gasteiger partial charge in [-0.2, -0.15) is 0 Å². The number of carbonyl (C=O) groups excluding carboxylic acids is 1. The molecular weight excluding hydrogens is 318 g/mol. The molecule has 8 heteroatoms. The Balaban J connectivity index is 2.09. The van der Waals surface area contributed by atoms with Crippen molar-refractivity contribution in [3.05, 3.63) is 0 Å². The van der Waals surface area contributed by atoms with Crippen molar-refractivity contribution in [2.24, 2.45) is 5.41 Å². The average molecular weight is 345 g/mol. The highest BCUT2D eigenvalue weighted by atomic mass is 32.1. The summed E-state index contributed by atoms with van der Waals surface area (Å²) >= 11 is 4.71. The van der Waals surface area contributed by atoms with Gasteiger partial charge in [0.05, 0.1) is 17.6 Å². The molecule has 2 aliphatic heterocycles. The fraction of sp³-hybridized carbons (Fsp3) is 0.867. The fourth-order valence-corrected chi connectivity index (χ4v) is 4.09. The van der Waals surface area contributed by atoms with E-state index in [9.17, 15) is 14.7 Å². The van der Waals surface area contributed by atoms with Crippen LogP contribution in [-0.2, 0) is 9.53 Å². The molecule has 0 bridgehead atoms. The zero-order valence-electron chi connectivity index (χ0n) is 14.3. The summed E-state index contributed by atoms with van der Waals surface area (Å²) in [6, 6.07) is 0. The lowest BCUT2D eigenvalue weighted by Crippen LogP contribution is -2.60. The van der Waals surface area contributed by atoms with Crippen molar-refractivity contribution in [1.82, 2.24) is 14.7 Å². The third kappa shape index (κ3) is 3.59. The average Bonchev–Trinajstić information content (AvgIpc) is 2.69. The topological polar surface area (TPSA) is 73.3 Å². The molecule has 2 saturated heterocycles. The molecule has 0 aliphatic carbocycles. The van der Waals surface area contributed by atoms with E-state index in [4.69, 9.17) is 17.4 Å². The standard InChI is InChI=1S/C15H27N3O4S/c1-5-22-11(19)14(2,3)8-17-10-15(4)9-16(13(20)21)6-7-18(15)12(17)23/h12,23H,5-10H2,1-4H3,(H,20,21). The number of amides is 1. The highest BCUT2D eigenvalue weighted by Crippen LogP contribution is 2.36. The van der Waals surface area contributed by atoms with E-state index < -0.39 is 11.5 Å². The zero-order chi connectivity index (χ0) is 17.4. The van der Waals surface area contributed by atoms with Gasteiger partial charge < -0.3 is 14.7 Å². The SMILES string of the molecule is CCOC(=O)C(C)(C)CN1CC2(C)CN(C(=O)O)CCN2C1S. The van der Waals surface area contributed by atoms with Crippen molar-refractivity contribution in [1.29, 1.82) is 0 Å². The van der Waals surface area contributed by atoms with Crippen LogP contribution in [0, 0.1) is 5.41 Å². The van der Waals surface area contributed by atoms with E-state index in [1.54, 1.807) is 6.92 Å². The molecule has 0 saturated carbocycles. The Morgan fingerprint density at radius 2 is 2.00 bits per heavy atom. The summed E-state index contributed by atoms with van der Waals surface area (Å²) in [5.41, 5.74) is -1.04. The summed E-state index contributed by atoms with van der Waals surface area (Å²) in [5, 5.41) is 9.24. The fourth-order valence-electron chi connectivity index (χ4n) is 3.53. The van der Waals surface area contributed by atoms with Crippen molar-refractivity contribution in [3.63, 3.8) is 0 Å². The van der Waals surface area contributed by atoms with E-state index in [0.717, 1.165) is 0 Å². The number of ether oxygens (including phenoxy) is 1. The van der Waals surface area contributed by atoms with Gasteiger partial charge in [-0.3, -0.25) is 14.6 Å². The first-order valence-corrected chi connectivity index (χ1v) is 8.46. The molecule has 0 aromatic heterocycles. The number of rotatable bonds is 4. The van der Waals surface area contributed by atoms with Crippen molar-refractivity contribution >= 4 is 24.7 Å². The molecule has 0 spiro atoms. The monoisotopic (exact) mass is 345 g/mol. The van der Waals surface area contributed by atoms with Crippen LogP contribution in [0.15, 0.2) is 0 Å². The predicted octanol–water partition coefficient (Wildman–Crippen LogP) is 1.16. The minimum Gasteiger partial charge on any atom is -0.466 e. The maximum atomic E-state index is 12.1. The number of hydrogen-bond acceptors (Lipinski definition) is 6. The van der Waals surface area contributed by atoms with Gasteiger partial charge in [0.2, 0.25) is 0 Å². The molecular formula is C15H27N3O4S. The predicted molar refractivity (Wildman–Crippen MR) is 89.5 cm³/mol. The van der Waals surface area contributed by atoms with Crippen LogP contribution in [-0.4, -0.2) is 82.2 Å². The van der Waals surface area contributed by atoms with Gasteiger partial charge in [-0.25, -0.2) is 4.79 Å². The minimum absolute atomic E-state index is 0.121. The maximum Gasteiger partial charge on any atom is 0.407 e. The molecule has 2 unspecified atom stereocenters. The van der Waals surface area contributed by atoms with Crippen LogP contribution < -0.4 is 0 Å². The van der Waals surface area contributed by atoms with Crippen LogP contribution in [0.3, 0.4) is 0 Å². The van der Waals surface area contributed by atoms with E-state index in [-0.39, 0.29) is 17.0 Å². The molecule has 2 heterocycles. The first kappa shape index (κ1) is 18.4. The van der Waals surface area contributed by atoms with E-state index in [0.29, 0.717) is 39.3 Å². The molecule has 2 atom stereocenters. The lowest BCUT2D eigenvalue weighted by molar-refractivity contribution is -0.154.